The summed E-state index contributed by atoms with van der Waals surface area (Å²) >= 11 is 7.55. The largest absolute Gasteiger partial charge is 0.494 e. The molecule has 1 atom stereocenters. The van der Waals surface area contributed by atoms with Gasteiger partial charge in [-0.15, -0.1) is 11.3 Å². The molecule has 0 saturated heterocycles. The van der Waals surface area contributed by atoms with Gasteiger partial charge in [0.05, 0.1) is 11.4 Å². The monoisotopic (exact) mass is 327 g/mol. The lowest BCUT2D eigenvalue weighted by Crippen LogP contribution is -2.23. The number of rotatable bonds is 7. The van der Waals surface area contributed by atoms with E-state index in [-0.39, 0.29) is 17.6 Å². The third-order valence-electron chi connectivity index (χ3n) is 3.27. The summed E-state index contributed by atoms with van der Waals surface area (Å²) in [5.41, 5.74) is 0.646. The Balaban J connectivity index is 2.22. The van der Waals surface area contributed by atoms with Gasteiger partial charge in [-0.25, -0.2) is 4.39 Å². The van der Waals surface area contributed by atoms with E-state index in [1.807, 2.05) is 18.2 Å². The molecule has 1 aromatic heterocycles. The summed E-state index contributed by atoms with van der Waals surface area (Å²) in [7, 11) is 1.48. The molecule has 0 radical (unpaired) electrons. The van der Waals surface area contributed by atoms with Gasteiger partial charge in [-0.2, -0.15) is 0 Å². The molecule has 0 fully saturated rings. The third kappa shape index (κ3) is 4.19. The highest BCUT2D eigenvalue weighted by Gasteiger charge is 2.17. The molecule has 5 heteroatoms. The quantitative estimate of drug-likeness (QED) is 0.786. The van der Waals surface area contributed by atoms with Crippen LogP contribution in [0.3, 0.4) is 0 Å². The first-order valence-electron chi connectivity index (χ1n) is 6.95. The maximum absolute atomic E-state index is 14.3. The zero-order valence-electron chi connectivity index (χ0n) is 12.2. The van der Waals surface area contributed by atoms with Crippen molar-refractivity contribution in [1.29, 1.82) is 0 Å². The molecule has 0 amide bonds. The predicted octanol–water partition coefficient (Wildman–Crippen LogP) is 4.83. The Morgan fingerprint density at radius 3 is 2.76 bits per heavy atom. The molecule has 114 valence electrons. The fourth-order valence-corrected chi connectivity index (χ4v) is 3.34. The number of halogens is 2. The Labute approximate surface area is 133 Å². The number of thiophene rings is 1. The Hall–Kier alpha value is -1.10. The van der Waals surface area contributed by atoms with Crippen molar-refractivity contribution < 1.29 is 9.13 Å². The highest BCUT2D eigenvalue weighted by atomic mass is 35.5. The van der Waals surface area contributed by atoms with Crippen molar-refractivity contribution >= 4 is 22.9 Å². The fraction of sp³-hybridized carbons (Fsp3) is 0.375. The highest BCUT2D eigenvalue weighted by Crippen LogP contribution is 2.31. The van der Waals surface area contributed by atoms with Crippen molar-refractivity contribution in [3.63, 3.8) is 0 Å². The molecule has 0 aliphatic heterocycles. The van der Waals surface area contributed by atoms with Crippen molar-refractivity contribution in [2.45, 2.75) is 25.8 Å². The van der Waals surface area contributed by atoms with Crippen LogP contribution in [0, 0.1) is 5.82 Å². The molecule has 0 aliphatic rings. The van der Waals surface area contributed by atoms with Crippen molar-refractivity contribution in [1.82, 2.24) is 5.32 Å². The van der Waals surface area contributed by atoms with E-state index in [0.29, 0.717) is 12.0 Å². The lowest BCUT2D eigenvalue weighted by Gasteiger charge is -2.18. The summed E-state index contributed by atoms with van der Waals surface area (Å²) in [5, 5.41) is 3.46. The first-order valence-corrected chi connectivity index (χ1v) is 8.15. The van der Waals surface area contributed by atoms with Crippen LogP contribution in [-0.4, -0.2) is 13.7 Å². The first-order chi connectivity index (χ1) is 10.2. The Bertz CT molecular complexity index is 587. The van der Waals surface area contributed by atoms with Crippen LogP contribution in [0.5, 0.6) is 5.75 Å². The van der Waals surface area contributed by atoms with Crippen LogP contribution in [0.25, 0.3) is 0 Å². The molecule has 1 N–H and O–H groups in total. The lowest BCUT2D eigenvalue weighted by molar-refractivity contribution is 0.382. The number of benzene rings is 1. The summed E-state index contributed by atoms with van der Waals surface area (Å²) < 4.78 is 20.1. The van der Waals surface area contributed by atoms with E-state index in [1.54, 1.807) is 12.1 Å². The third-order valence-corrected chi connectivity index (χ3v) is 4.61. The van der Waals surface area contributed by atoms with Crippen molar-refractivity contribution in [3.8, 4) is 5.75 Å². The maximum Gasteiger partial charge on any atom is 0.168 e. The minimum atomic E-state index is -0.286. The Morgan fingerprint density at radius 2 is 2.14 bits per heavy atom. The van der Waals surface area contributed by atoms with Crippen molar-refractivity contribution in [2.24, 2.45) is 0 Å². The van der Waals surface area contributed by atoms with Crippen LogP contribution in [0.15, 0.2) is 30.3 Å². The zero-order chi connectivity index (χ0) is 15.2. The van der Waals surface area contributed by atoms with Gasteiger partial charge in [-0.3, -0.25) is 0 Å². The Kier molecular flexibility index (Phi) is 6.03. The van der Waals surface area contributed by atoms with E-state index < -0.39 is 0 Å². The van der Waals surface area contributed by atoms with Gasteiger partial charge in [-0.05, 0) is 43.1 Å². The summed E-state index contributed by atoms with van der Waals surface area (Å²) in [6.07, 6.45) is 1.59. The van der Waals surface area contributed by atoms with Gasteiger partial charge >= 0.3 is 0 Å². The molecule has 0 spiro atoms. The van der Waals surface area contributed by atoms with Gasteiger partial charge in [0.2, 0.25) is 0 Å². The number of nitrogens with one attached hydrogen (secondary N) is 1. The Morgan fingerprint density at radius 1 is 1.33 bits per heavy atom. The lowest BCUT2D eigenvalue weighted by atomic mass is 10.0. The molecular weight excluding hydrogens is 309 g/mol. The van der Waals surface area contributed by atoms with Crippen LogP contribution >= 0.6 is 22.9 Å². The second kappa shape index (κ2) is 7.78. The molecule has 2 rings (SSSR count). The second-order valence-corrected chi connectivity index (χ2v) is 6.53. The highest BCUT2D eigenvalue weighted by molar-refractivity contribution is 7.16. The van der Waals surface area contributed by atoms with E-state index in [1.165, 1.54) is 18.4 Å². The minimum Gasteiger partial charge on any atom is -0.494 e. The smallest absolute Gasteiger partial charge is 0.168 e. The second-order valence-electron chi connectivity index (χ2n) is 4.79. The van der Waals surface area contributed by atoms with Gasteiger partial charge in [0.1, 0.15) is 0 Å². The summed E-state index contributed by atoms with van der Waals surface area (Å²) in [6, 6.07) is 9.19. The molecule has 21 heavy (non-hydrogen) atoms. The summed E-state index contributed by atoms with van der Waals surface area (Å²) in [4.78, 5) is 1.12. The number of ether oxygens (including phenoxy) is 1. The van der Waals surface area contributed by atoms with Crippen LogP contribution in [0.2, 0.25) is 4.34 Å². The maximum atomic E-state index is 14.3. The molecule has 1 unspecified atom stereocenters. The van der Waals surface area contributed by atoms with E-state index in [9.17, 15) is 4.39 Å². The molecule has 2 aromatic rings. The standard InChI is InChI=1S/C16H19ClFNOS/c1-3-9-19-12(14-7-8-15(17)21-14)10-11-5-4-6-13(20-2)16(11)18/h4-8,12,19H,3,9-10H2,1-2H3. The molecule has 1 aromatic carbocycles. The van der Waals surface area contributed by atoms with Gasteiger partial charge in [-0.1, -0.05) is 30.7 Å². The number of hydrogen-bond acceptors (Lipinski definition) is 3. The molecular formula is C16H19ClFNOS. The number of methoxy groups -OCH3 is 1. The van der Waals surface area contributed by atoms with Crippen LogP contribution < -0.4 is 10.1 Å². The van der Waals surface area contributed by atoms with Crippen molar-refractivity contribution in [2.75, 3.05) is 13.7 Å². The molecule has 0 aliphatic carbocycles. The first kappa shape index (κ1) is 16.3. The normalized spacial score (nSPS) is 12.4. The van der Waals surface area contributed by atoms with Gasteiger partial charge < -0.3 is 10.1 Å². The fourth-order valence-electron chi connectivity index (χ4n) is 2.20. The molecule has 0 bridgehead atoms. The molecule has 0 saturated carbocycles. The summed E-state index contributed by atoms with van der Waals surface area (Å²) in [6.45, 7) is 2.99. The summed E-state index contributed by atoms with van der Waals surface area (Å²) in [5.74, 6) is -0.00287. The number of hydrogen-bond donors (Lipinski definition) is 1. The average molecular weight is 328 g/mol. The van der Waals surface area contributed by atoms with Crippen LogP contribution in [0.4, 0.5) is 4.39 Å². The minimum absolute atomic E-state index is 0.0593. The van der Waals surface area contributed by atoms with Crippen LogP contribution in [0.1, 0.15) is 29.8 Å². The average Bonchev–Trinajstić information content (AvgIpc) is 2.91. The van der Waals surface area contributed by atoms with E-state index in [4.69, 9.17) is 16.3 Å². The van der Waals surface area contributed by atoms with Gasteiger partial charge in [0, 0.05) is 10.9 Å². The zero-order valence-corrected chi connectivity index (χ0v) is 13.7. The van der Waals surface area contributed by atoms with E-state index in [0.717, 1.165) is 22.2 Å². The van der Waals surface area contributed by atoms with Gasteiger partial charge in [0.15, 0.2) is 11.6 Å². The SMILES string of the molecule is CCCNC(Cc1cccc(OC)c1F)c1ccc(Cl)s1. The topological polar surface area (TPSA) is 21.3 Å². The van der Waals surface area contributed by atoms with Gasteiger partial charge in [0.25, 0.3) is 0 Å². The van der Waals surface area contributed by atoms with Crippen LogP contribution in [-0.2, 0) is 6.42 Å². The van der Waals surface area contributed by atoms with Crippen molar-refractivity contribution in [3.05, 3.63) is 50.9 Å². The van der Waals surface area contributed by atoms with E-state index >= 15 is 0 Å². The molecule has 1 heterocycles. The molecule has 2 nitrogen and oxygen atoms in total. The van der Waals surface area contributed by atoms with E-state index in [2.05, 4.69) is 12.2 Å². The predicted molar refractivity (Wildman–Crippen MR) is 87.0 cm³/mol.